The molecule has 2 N–H and O–H groups in total. The van der Waals surface area contributed by atoms with E-state index in [1.165, 1.54) is 0 Å². The number of methoxy groups -OCH3 is 2. The van der Waals surface area contributed by atoms with Gasteiger partial charge in [0.25, 0.3) is 0 Å². The molecule has 0 amide bonds. The van der Waals surface area contributed by atoms with Gasteiger partial charge in [0.2, 0.25) is 0 Å². The first-order chi connectivity index (χ1) is 7.13. The maximum atomic E-state index is 5.98. The Morgan fingerprint density at radius 3 is 2.27 bits per heavy atom. The molecule has 3 nitrogen and oxygen atoms in total. The molecule has 0 unspecified atom stereocenters. The fourth-order valence-corrected chi connectivity index (χ4v) is 1.99. The van der Waals surface area contributed by atoms with Crippen LogP contribution in [0.2, 0.25) is 0 Å². The molecule has 0 aliphatic heterocycles. The van der Waals surface area contributed by atoms with Crippen LogP contribution in [0.5, 0.6) is 11.5 Å². The summed E-state index contributed by atoms with van der Waals surface area (Å²) in [6.45, 7) is 2.05. The maximum absolute atomic E-state index is 5.98. The van der Waals surface area contributed by atoms with E-state index in [0.29, 0.717) is 11.5 Å². The van der Waals surface area contributed by atoms with Crippen LogP contribution in [0.1, 0.15) is 24.9 Å². The van der Waals surface area contributed by atoms with E-state index in [0.717, 1.165) is 16.5 Å². The smallest absolute Gasteiger partial charge is 0.161 e. The SMILES string of the molecule is CC[C@@H](N)c1cc(OC)c(OC)cc1Br. The van der Waals surface area contributed by atoms with Gasteiger partial charge in [-0.1, -0.05) is 22.9 Å². The number of rotatable bonds is 4. The summed E-state index contributed by atoms with van der Waals surface area (Å²) in [4.78, 5) is 0. The third kappa shape index (κ3) is 2.63. The molecule has 1 aromatic rings. The highest BCUT2D eigenvalue weighted by molar-refractivity contribution is 9.10. The van der Waals surface area contributed by atoms with E-state index >= 15 is 0 Å². The second kappa shape index (κ2) is 5.37. The minimum absolute atomic E-state index is 0.0131. The summed E-state index contributed by atoms with van der Waals surface area (Å²) in [6, 6.07) is 3.81. The molecule has 4 heteroatoms. The Morgan fingerprint density at radius 1 is 1.27 bits per heavy atom. The van der Waals surface area contributed by atoms with Gasteiger partial charge in [-0.15, -0.1) is 0 Å². The monoisotopic (exact) mass is 273 g/mol. The van der Waals surface area contributed by atoms with Crippen molar-refractivity contribution in [2.75, 3.05) is 14.2 Å². The molecule has 0 fully saturated rings. The third-order valence-corrected chi connectivity index (χ3v) is 3.03. The first kappa shape index (κ1) is 12.3. The van der Waals surface area contributed by atoms with Gasteiger partial charge in [-0.2, -0.15) is 0 Å². The van der Waals surface area contributed by atoms with Crippen LogP contribution in [0, 0.1) is 0 Å². The summed E-state index contributed by atoms with van der Waals surface area (Å²) in [5, 5.41) is 0. The summed E-state index contributed by atoms with van der Waals surface area (Å²) < 4.78 is 11.4. The molecule has 0 bridgehead atoms. The second-order valence-corrected chi connectivity index (χ2v) is 4.10. The van der Waals surface area contributed by atoms with Gasteiger partial charge in [0.1, 0.15) is 0 Å². The lowest BCUT2D eigenvalue weighted by atomic mass is 10.1. The molecule has 0 aliphatic rings. The van der Waals surface area contributed by atoms with E-state index < -0.39 is 0 Å². The number of hydrogen-bond donors (Lipinski definition) is 1. The van der Waals surface area contributed by atoms with Crippen molar-refractivity contribution < 1.29 is 9.47 Å². The highest BCUT2D eigenvalue weighted by Gasteiger charge is 2.13. The first-order valence-corrected chi connectivity index (χ1v) is 5.60. The van der Waals surface area contributed by atoms with Crippen molar-refractivity contribution in [3.63, 3.8) is 0 Å². The van der Waals surface area contributed by atoms with E-state index in [1.807, 2.05) is 19.1 Å². The highest BCUT2D eigenvalue weighted by Crippen LogP contribution is 2.35. The molecule has 0 radical (unpaired) electrons. The van der Waals surface area contributed by atoms with Gasteiger partial charge >= 0.3 is 0 Å². The first-order valence-electron chi connectivity index (χ1n) is 4.81. The molecule has 0 saturated carbocycles. The quantitative estimate of drug-likeness (QED) is 0.918. The van der Waals surface area contributed by atoms with Crippen molar-refractivity contribution in [3.8, 4) is 11.5 Å². The summed E-state index contributed by atoms with van der Waals surface area (Å²) in [6.07, 6.45) is 0.883. The average molecular weight is 274 g/mol. The lowest BCUT2D eigenvalue weighted by molar-refractivity contribution is 0.354. The van der Waals surface area contributed by atoms with Crippen LogP contribution in [0.3, 0.4) is 0 Å². The summed E-state index contributed by atoms with van der Waals surface area (Å²) in [5.41, 5.74) is 7.02. The van der Waals surface area contributed by atoms with E-state index in [9.17, 15) is 0 Å². The summed E-state index contributed by atoms with van der Waals surface area (Å²) >= 11 is 3.48. The number of benzene rings is 1. The lowest BCUT2D eigenvalue weighted by Gasteiger charge is -2.15. The van der Waals surface area contributed by atoms with Crippen LogP contribution < -0.4 is 15.2 Å². The fraction of sp³-hybridized carbons (Fsp3) is 0.455. The van der Waals surface area contributed by atoms with Crippen LogP contribution in [0.15, 0.2) is 16.6 Å². The van der Waals surface area contributed by atoms with E-state index in [1.54, 1.807) is 14.2 Å². The molecule has 1 rings (SSSR count). The topological polar surface area (TPSA) is 44.5 Å². The zero-order valence-electron chi connectivity index (χ0n) is 9.21. The molecule has 15 heavy (non-hydrogen) atoms. The van der Waals surface area contributed by atoms with Crippen LogP contribution >= 0.6 is 15.9 Å². The zero-order chi connectivity index (χ0) is 11.4. The Bertz CT molecular complexity index is 342. The van der Waals surface area contributed by atoms with Crippen molar-refractivity contribution in [3.05, 3.63) is 22.2 Å². The van der Waals surface area contributed by atoms with Gasteiger partial charge in [-0.3, -0.25) is 0 Å². The Morgan fingerprint density at radius 2 is 1.80 bits per heavy atom. The Hall–Kier alpha value is -0.740. The molecule has 0 aliphatic carbocycles. The summed E-state index contributed by atoms with van der Waals surface area (Å²) in [7, 11) is 3.23. The molecule has 0 spiro atoms. The van der Waals surface area contributed by atoms with E-state index in [-0.39, 0.29) is 6.04 Å². The van der Waals surface area contributed by atoms with Crippen molar-refractivity contribution in [1.29, 1.82) is 0 Å². The molecule has 0 aromatic heterocycles. The van der Waals surface area contributed by atoms with E-state index in [4.69, 9.17) is 15.2 Å². The third-order valence-electron chi connectivity index (χ3n) is 2.34. The molecule has 84 valence electrons. The average Bonchev–Trinajstić information content (AvgIpc) is 2.27. The highest BCUT2D eigenvalue weighted by atomic mass is 79.9. The number of hydrogen-bond acceptors (Lipinski definition) is 3. The molecule has 1 atom stereocenters. The predicted octanol–water partition coefficient (Wildman–Crippen LogP) is 2.88. The molecular weight excluding hydrogens is 258 g/mol. The Labute approximate surface area is 98.7 Å². The van der Waals surface area contributed by atoms with Gasteiger partial charge < -0.3 is 15.2 Å². The maximum Gasteiger partial charge on any atom is 0.161 e. The summed E-state index contributed by atoms with van der Waals surface area (Å²) in [5.74, 6) is 1.41. The Balaban J connectivity index is 3.19. The molecule has 0 saturated heterocycles. The predicted molar refractivity (Wildman–Crippen MR) is 64.5 cm³/mol. The van der Waals surface area contributed by atoms with Crippen LogP contribution in [0.25, 0.3) is 0 Å². The van der Waals surface area contributed by atoms with Gasteiger partial charge in [0.05, 0.1) is 14.2 Å². The Kier molecular flexibility index (Phi) is 4.42. The standard InChI is InChI=1S/C11H16BrNO2/c1-4-9(13)7-5-10(14-2)11(15-3)6-8(7)12/h5-6,9H,4,13H2,1-3H3/t9-/m1/s1. The normalized spacial score (nSPS) is 12.3. The van der Waals surface area contributed by atoms with Crippen molar-refractivity contribution in [2.45, 2.75) is 19.4 Å². The number of halogens is 1. The van der Waals surface area contributed by atoms with Crippen molar-refractivity contribution in [1.82, 2.24) is 0 Å². The fourth-order valence-electron chi connectivity index (χ4n) is 1.37. The zero-order valence-corrected chi connectivity index (χ0v) is 10.8. The second-order valence-electron chi connectivity index (χ2n) is 3.24. The number of nitrogens with two attached hydrogens (primary N) is 1. The van der Waals surface area contributed by atoms with Crippen molar-refractivity contribution in [2.24, 2.45) is 5.73 Å². The van der Waals surface area contributed by atoms with Crippen LogP contribution in [-0.2, 0) is 0 Å². The van der Waals surface area contributed by atoms with Crippen molar-refractivity contribution >= 4 is 15.9 Å². The molecular formula is C11H16BrNO2. The van der Waals surface area contributed by atoms with Crippen LogP contribution in [-0.4, -0.2) is 14.2 Å². The number of ether oxygens (including phenoxy) is 2. The van der Waals surface area contributed by atoms with Crippen LogP contribution in [0.4, 0.5) is 0 Å². The minimum atomic E-state index is 0.0131. The van der Waals surface area contributed by atoms with Gasteiger partial charge in [-0.25, -0.2) is 0 Å². The lowest BCUT2D eigenvalue weighted by Crippen LogP contribution is -2.09. The van der Waals surface area contributed by atoms with E-state index in [2.05, 4.69) is 15.9 Å². The van der Waals surface area contributed by atoms with Gasteiger partial charge in [0.15, 0.2) is 11.5 Å². The minimum Gasteiger partial charge on any atom is -0.493 e. The van der Waals surface area contributed by atoms with Gasteiger partial charge in [-0.05, 0) is 24.1 Å². The van der Waals surface area contributed by atoms with Gasteiger partial charge in [0, 0.05) is 10.5 Å². The molecule has 0 heterocycles. The molecule has 1 aromatic carbocycles. The largest absolute Gasteiger partial charge is 0.493 e.